The van der Waals surface area contributed by atoms with Crippen molar-refractivity contribution in [3.8, 4) is 0 Å². The number of hydrogen-bond acceptors (Lipinski definition) is 2. The summed E-state index contributed by atoms with van der Waals surface area (Å²) in [5.74, 6) is -1.28. The predicted octanol–water partition coefficient (Wildman–Crippen LogP) is 1.86. The topological polar surface area (TPSA) is 66.4 Å². The second-order valence-electron chi connectivity index (χ2n) is 5.00. The van der Waals surface area contributed by atoms with Gasteiger partial charge in [0.15, 0.2) is 0 Å². The number of carbonyl (C=O) groups excluding carboxylic acids is 1. The molecule has 0 radical (unpaired) electrons. The van der Waals surface area contributed by atoms with Crippen LogP contribution in [0.15, 0.2) is 11.6 Å². The Kier molecular flexibility index (Phi) is 3.50. The Balaban J connectivity index is 1.74. The third-order valence-corrected chi connectivity index (χ3v) is 3.71. The summed E-state index contributed by atoms with van der Waals surface area (Å²) in [6, 6.07) is 0. The Morgan fingerprint density at radius 2 is 2.12 bits per heavy atom. The Morgan fingerprint density at radius 1 is 1.35 bits per heavy atom. The highest BCUT2D eigenvalue weighted by Gasteiger charge is 2.56. The van der Waals surface area contributed by atoms with Gasteiger partial charge in [-0.2, -0.15) is 0 Å². The van der Waals surface area contributed by atoms with E-state index in [-0.39, 0.29) is 5.91 Å². The smallest absolute Gasteiger partial charge is 0.319 e. The van der Waals surface area contributed by atoms with Crippen molar-refractivity contribution in [3.63, 3.8) is 0 Å². The van der Waals surface area contributed by atoms with Crippen LogP contribution in [0, 0.1) is 5.41 Å². The lowest BCUT2D eigenvalue weighted by molar-refractivity contribution is -0.149. The molecule has 17 heavy (non-hydrogen) atoms. The maximum Gasteiger partial charge on any atom is 0.319 e. The molecule has 0 unspecified atom stereocenters. The van der Waals surface area contributed by atoms with Gasteiger partial charge in [0.1, 0.15) is 5.41 Å². The van der Waals surface area contributed by atoms with Crippen LogP contribution < -0.4 is 5.32 Å². The molecule has 1 fully saturated rings. The van der Waals surface area contributed by atoms with Crippen molar-refractivity contribution in [2.24, 2.45) is 5.41 Å². The molecule has 0 saturated heterocycles. The van der Waals surface area contributed by atoms with Crippen molar-refractivity contribution in [2.45, 2.75) is 44.9 Å². The van der Waals surface area contributed by atoms with Crippen LogP contribution >= 0.6 is 0 Å². The molecule has 0 aromatic carbocycles. The van der Waals surface area contributed by atoms with Crippen LogP contribution in [0.25, 0.3) is 0 Å². The maximum absolute atomic E-state index is 11.7. The largest absolute Gasteiger partial charge is 0.480 e. The van der Waals surface area contributed by atoms with Gasteiger partial charge in [-0.3, -0.25) is 9.59 Å². The summed E-state index contributed by atoms with van der Waals surface area (Å²) in [4.78, 5) is 22.6. The molecule has 1 amide bonds. The monoisotopic (exact) mass is 237 g/mol. The minimum absolute atomic E-state index is 0.304. The Labute approximate surface area is 101 Å². The molecule has 4 heteroatoms. The molecule has 2 aliphatic rings. The number of carboxylic acids is 1. The van der Waals surface area contributed by atoms with Gasteiger partial charge in [0.25, 0.3) is 0 Å². The van der Waals surface area contributed by atoms with Crippen LogP contribution in [0.1, 0.15) is 44.9 Å². The Hall–Kier alpha value is -1.32. The summed E-state index contributed by atoms with van der Waals surface area (Å²) in [6.07, 6.45) is 8.84. The lowest BCUT2D eigenvalue weighted by atomic mass is 9.97. The lowest BCUT2D eigenvalue weighted by Gasteiger charge is -2.14. The first-order valence-corrected chi connectivity index (χ1v) is 6.35. The summed E-state index contributed by atoms with van der Waals surface area (Å²) in [6.45, 7) is 0.569. The highest BCUT2D eigenvalue weighted by atomic mass is 16.4. The Morgan fingerprint density at radius 3 is 2.65 bits per heavy atom. The van der Waals surface area contributed by atoms with E-state index in [1.807, 2.05) is 0 Å². The molecular weight excluding hydrogens is 218 g/mol. The van der Waals surface area contributed by atoms with Gasteiger partial charge in [0.05, 0.1) is 0 Å². The summed E-state index contributed by atoms with van der Waals surface area (Å²) >= 11 is 0. The van der Waals surface area contributed by atoms with E-state index in [1.54, 1.807) is 0 Å². The van der Waals surface area contributed by atoms with Gasteiger partial charge in [-0.05, 0) is 44.9 Å². The summed E-state index contributed by atoms with van der Waals surface area (Å²) < 4.78 is 0. The number of hydrogen-bond donors (Lipinski definition) is 2. The molecular formula is C13H19NO3. The van der Waals surface area contributed by atoms with E-state index in [0.29, 0.717) is 19.4 Å². The highest BCUT2D eigenvalue weighted by Crippen LogP contribution is 2.46. The van der Waals surface area contributed by atoms with Crippen molar-refractivity contribution in [3.05, 3.63) is 11.6 Å². The molecule has 0 aromatic heterocycles. The fourth-order valence-electron chi connectivity index (χ4n) is 2.30. The maximum atomic E-state index is 11.7. The van der Waals surface area contributed by atoms with Crippen molar-refractivity contribution in [1.29, 1.82) is 0 Å². The first kappa shape index (κ1) is 12.1. The van der Waals surface area contributed by atoms with Crippen LogP contribution in [-0.4, -0.2) is 23.5 Å². The van der Waals surface area contributed by atoms with Gasteiger partial charge in [-0.25, -0.2) is 0 Å². The van der Waals surface area contributed by atoms with E-state index < -0.39 is 11.4 Å². The zero-order valence-corrected chi connectivity index (χ0v) is 10.00. The van der Waals surface area contributed by atoms with E-state index in [4.69, 9.17) is 5.11 Å². The second kappa shape index (κ2) is 4.90. The summed E-state index contributed by atoms with van der Waals surface area (Å²) in [5.41, 5.74) is 0.303. The number of amides is 1. The first-order valence-electron chi connectivity index (χ1n) is 6.35. The van der Waals surface area contributed by atoms with E-state index in [1.165, 1.54) is 18.4 Å². The molecule has 2 aliphatic carbocycles. The fourth-order valence-corrected chi connectivity index (χ4v) is 2.30. The zero-order valence-electron chi connectivity index (χ0n) is 10.00. The molecule has 0 heterocycles. The van der Waals surface area contributed by atoms with E-state index >= 15 is 0 Å². The number of allylic oxidation sites excluding steroid dienone is 1. The van der Waals surface area contributed by atoms with E-state index in [2.05, 4.69) is 11.4 Å². The summed E-state index contributed by atoms with van der Waals surface area (Å²) in [5, 5.41) is 11.7. The predicted molar refractivity (Wildman–Crippen MR) is 63.5 cm³/mol. The number of aliphatic carboxylic acids is 1. The summed E-state index contributed by atoms with van der Waals surface area (Å²) in [7, 11) is 0. The highest BCUT2D eigenvalue weighted by molar-refractivity contribution is 6.04. The zero-order chi connectivity index (χ0) is 12.3. The number of carbonyl (C=O) groups is 2. The molecule has 0 aromatic rings. The van der Waals surface area contributed by atoms with Crippen molar-refractivity contribution in [1.82, 2.24) is 5.32 Å². The normalized spacial score (nSPS) is 21.5. The van der Waals surface area contributed by atoms with Crippen LogP contribution in [0.3, 0.4) is 0 Å². The van der Waals surface area contributed by atoms with Crippen molar-refractivity contribution < 1.29 is 14.7 Å². The lowest BCUT2D eigenvalue weighted by Crippen LogP contribution is -2.37. The molecule has 0 spiro atoms. The van der Waals surface area contributed by atoms with Crippen LogP contribution in [0.2, 0.25) is 0 Å². The van der Waals surface area contributed by atoms with E-state index in [9.17, 15) is 9.59 Å². The van der Waals surface area contributed by atoms with E-state index in [0.717, 1.165) is 19.3 Å². The van der Waals surface area contributed by atoms with Gasteiger partial charge < -0.3 is 10.4 Å². The average Bonchev–Trinajstić information content (AvgIpc) is 3.11. The molecule has 4 nitrogen and oxygen atoms in total. The van der Waals surface area contributed by atoms with Crippen molar-refractivity contribution >= 4 is 11.9 Å². The minimum atomic E-state index is -1.10. The second-order valence-corrected chi connectivity index (χ2v) is 5.00. The van der Waals surface area contributed by atoms with Gasteiger partial charge in [-0.1, -0.05) is 11.6 Å². The van der Waals surface area contributed by atoms with Crippen molar-refractivity contribution in [2.75, 3.05) is 6.54 Å². The van der Waals surface area contributed by atoms with Gasteiger partial charge in [-0.15, -0.1) is 0 Å². The number of nitrogens with one attached hydrogen (secondary N) is 1. The molecule has 0 bridgehead atoms. The van der Waals surface area contributed by atoms with Gasteiger partial charge in [0.2, 0.25) is 5.91 Å². The number of carboxylic acid groups (broad SMARTS) is 1. The Bertz CT molecular complexity index is 356. The number of rotatable bonds is 5. The molecule has 0 aliphatic heterocycles. The quantitative estimate of drug-likeness (QED) is 0.566. The molecule has 2 rings (SSSR count). The molecule has 94 valence electrons. The minimum Gasteiger partial charge on any atom is -0.480 e. The third kappa shape index (κ3) is 2.68. The van der Waals surface area contributed by atoms with Gasteiger partial charge in [0, 0.05) is 6.54 Å². The molecule has 2 N–H and O–H groups in total. The standard InChI is InChI=1S/C13H19NO3/c15-11(13(7-8-13)12(16)17)14-9-6-10-4-2-1-3-5-10/h4H,1-3,5-9H2,(H,14,15)(H,16,17). The third-order valence-electron chi connectivity index (χ3n) is 3.71. The average molecular weight is 237 g/mol. The first-order chi connectivity index (χ1) is 8.15. The van der Waals surface area contributed by atoms with Crippen LogP contribution in [0.5, 0.6) is 0 Å². The molecule has 0 atom stereocenters. The molecule has 1 saturated carbocycles. The fraction of sp³-hybridized carbons (Fsp3) is 0.692. The van der Waals surface area contributed by atoms with Crippen LogP contribution in [0.4, 0.5) is 0 Å². The van der Waals surface area contributed by atoms with Crippen LogP contribution in [-0.2, 0) is 9.59 Å². The van der Waals surface area contributed by atoms with Gasteiger partial charge >= 0.3 is 5.97 Å². The SMILES string of the molecule is O=C(O)C1(C(=O)NCCC2=CCCCC2)CC1.